The molecule has 0 aromatic carbocycles. The van der Waals surface area contributed by atoms with Crippen molar-refractivity contribution in [1.29, 1.82) is 0 Å². The van der Waals surface area contributed by atoms with Crippen molar-refractivity contribution in [3.05, 3.63) is 17.5 Å². The van der Waals surface area contributed by atoms with Gasteiger partial charge in [0.2, 0.25) is 0 Å². The number of nitrogens with zero attached hydrogens (tertiary/aromatic N) is 4. The standard InChI is InChI=1S/C17H32N4O/c1-14(2)5-7-21-9-8-20(13-17(21)6-10-22)12-16-11-19(4)18-15(16)3/h11,14,17,22H,5-10,12-13H2,1-4H3/t17-/m1/s1. The molecule has 1 fully saturated rings. The van der Waals surface area contributed by atoms with Crippen LogP contribution in [0.1, 0.15) is 37.9 Å². The third-order valence-electron chi connectivity index (χ3n) is 4.65. The highest BCUT2D eigenvalue weighted by atomic mass is 16.3. The van der Waals surface area contributed by atoms with E-state index in [1.165, 1.54) is 12.0 Å². The van der Waals surface area contributed by atoms with Gasteiger partial charge in [0.15, 0.2) is 0 Å². The highest BCUT2D eigenvalue weighted by Gasteiger charge is 2.26. The molecule has 0 spiro atoms. The lowest BCUT2D eigenvalue weighted by molar-refractivity contribution is 0.0523. The minimum Gasteiger partial charge on any atom is -0.396 e. The van der Waals surface area contributed by atoms with E-state index in [0.717, 1.165) is 50.8 Å². The monoisotopic (exact) mass is 308 g/mol. The smallest absolute Gasteiger partial charge is 0.0638 e. The summed E-state index contributed by atoms with van der Waals surface area (Å²) < 4.78 is 1.90. The van der Waals surface area contributed by atoms with Crippen LogP contribution in [0.25, 0.3) is 0 Å². The van der Waals surface area contributed by atoms with Crippen molar-refractivity contribution in [3.63, 3.8) is 0 Å². The first-order valence-electron chi connectivity index (χ1n) is 8.56. The number of piperazine rings is 1. The maximum absolute atomic E-state index is 9.38. The first-order chi connectivity index (χ1) is 10.5. The summed E-state index contributed by atoms with van der Waals surface area (Å²) in [7, 11) is 1.98. The second kappa shape index (κ2) is 8.09. The van der Waals surface area contributed by atoms with Gasteiger partial charge >= 0.3 is 0 Å². The van der Waals surface area contributed by atoms with Crippen LogP contribution in [-0.4, -0.2) is 63.5 Å². The molecule has 1 aromatic rings. The van der Waals surface area contributed by atoms with Gasteiger partial charge in [-0.25, -0.2) is 0 Å². The van der Waals surface area contributed by atoms with Crippen molar-refractivity contribution in [2.75, 3.05) is 32.8 Å². The minimum absolute atomic E-state index is 0.280. The SMILES string of the molecule is Cc1nn(C)cc1CN1CCN(CCC(C)C)[C@H](CCO)C1. The first kappa shape index (κ1) is 17.4. The van der Waals surface area contributed by atoms with E-state index in [1.54, 1.807) is 0 Å². The van der Waals surface area contributed by atoms with Crippen LogP contribution in [0, 0.1) is 12.8 Å². The van der Waals surface area contributed by atoms with Gasteiger partial charge in [0.05, 0.1) is 5.69 Å². The molecule has 0 aliphatic carbocycles. The number of hydrogen-bond donors (Lipinski definition) is 1. The van der Waals surface area contributed by atoms with Crippen LogP contribution in [-0.2, 0) is 13.6 Å². The molecule has 5 heteroatoms. The van der Waals surface area contributed by atoms with Crippen LogP contribution in [0.4, 0.5) is 0 Å². The van der Waals surface area contributed by atoms with Gasteiger partial charge in [-0.05, 0) is 32.2 Å². The molecule has 1 aromatic heterocycles. The Bertz CT molecular complexity index is 458. The Hall–Kier alpha value is -0.910. The van der Waals surface area contributed by atoms with Crippen molar-refractivity contribution < 1.29 is 5.11 Å². The quantitative estimate of drug-likeness (QED) is 0.832. The van der Waals surface area contributed by atoms with Crippen LogP contribution in [0.3, 0.4) is 0 Å². The number of aryl methyl sites for hydroxylation is 2. The first-order valence-corrected chi connectivity index (χ1v) is 8.56. The predicted molar refractivity (Wildman–Crippen MR) is 89.7 cm³/mol. The Morgan fingerprint density at radius 2 is 2.14 bits per heavy atom. The topological polar surface area (TPSA) is 44.5 Å². The average molecular weight is 308 g/mol. The van der Waals surface area contributed by atoms with E-state index in [4.69, 9.17) is 0 Å². The summed E-state index contributed by atoms with van der Waals surface area (Å²) in [6.45, 7) is 12.3. The number of rotatable bonds is 7. The van der Waals surface area contributed by atoms with Crippen LogP contribution < -0.4 is 0 Å². The van der Waals surface area contributed by atoms with Gasteiger partial charge in [0.25, 0.3) is 0 Å². The molecule has 2 rings (SSSR count). The van der Waals surface area contributed by atoms with Gasteiger partial charge in [-0.15, -0.1) is 0 Å². The molecule has 1 saturated heterocycles. The van der Waals surface area contributed by atoms with E-state index in [2.05, 4.69) is 41.9 Å². The molecule has 0 radical (unpaired) electrons. The molecule has 1 N–H and O–H groups in total. The van der Waals surface area contributed by atoms with Crippen molar-refractivity contribution >= 4 is 0 Å². The van der Waals surface area contributed by atoms with Gasteiger partial charge < -0.3 is 5.11 Å². The molecular formula is C17H32N4O. The van der Waals surface area contributed by atoms with Crippen LogP contribution in [0.2, 0.25) is 0 Å². The van der Waals surface area contributed by atoms with Crippen molar-refractivity contribution in [2.45, 2.75) is 46.2 Å². The fraction of sp³-hybridized carbons (Fsp3) is 0.824. The van der Waals surface area contributed by atoms with Crippen LogP contribution in [0.5, 0.6) is 0 Å². The lowest BCUT2D eigenvalue weighted by Gasteiger charge is -2.41. The normalized spacial score (nSPS) is 20.9. The lowest BCUT2D eigenvalue weighted by Crippen LogP contribution is -2.53. The molecule has 0 unspecified atom stereocenters. The van der Waals surface area contributed by atoms with E-state index in [1.807, 2.05) is 11.7 Å². The molecule has 126 valence electrons. The van der Waals surface area contributed by atoms with E-state index >= 15 is 0 Å². The third kappa shape index (κ3) is 4.80. The highest BCUT2D eigenvalue weighted by molar-refractivity contribution is 5.15. The summed E-state index contributed by atoms with van der Waals surface area (Å²) >= 11 is 0. The van der Waals surface area contributed by atoms with Crippen LogP contribution >= 0.6 is 0 Å². The molecule has 0 saturated carbocycles. The maximum atomic E-state index is 9.38. The highest BCUT2D eigenvalue weighted by Crippen LogP contribution is 2.18. The Morgan fingerprint density at radius 1 is 1.36 bits per heavy atom. The van der Waals surface area contributed by atoms with Crippen molar-refractivity contribution in [1.82, 2.24) is 19.6 Å². The van der Waals surface area contributed by atoms with Gasteiger partial charge in [-0.2, -0.15) is 5.10 Å². The molecule has 1 aliphatic heterocycles. The largest absolute Gasteiger partial charge is 0.396 e. The van der Waals surface area contributed by atoms with Gasteiger partial charge in [0, 0.05) is 57.6 Å². The summed E-state index contributed by atoms with van der Waals surface area (Å²) in [5.41, 5.74) is 2.45. The molecule has 1 atom stereocenters. The predicted octanol–water partition coefficient (Wildman–Crippen LogP) is 1.64. The Kier molecular flexibility index (Phi) is 6.41. The summed E-state index contributed by atoms with van der Waals surface area (Å²) in [6, 6.07) is 0.481. The minimum atomic E-state index is 0.280. The molecule has 0 bridgehead atoms. The molecule has 2 heterocycles. The fourth-order valence-electron chi connectivity index (χ4n) is 3.29. The van der Waals surface area contributed by atoms with Gasteiger partial charge in [0.1, 0.15) is 0 Å². The number of hydrogen-bond acceptors (Lipinski definition) is 4. The second-order valence-electron chi connectivity index (χ2n) is 7.03. The molecule has 22 heavy (non-hydrogen) atoms. The Morgan fingerprint density at radius 3 is 2.73 bits per heavy atom. The van der Waals surface area contributed by atoms with E-state index in [9.17, 15) is 5.11 Å². The molecule has 5 nitrogen and oxygen atoms in total. The third-order valence-corrected chi connectivity index (χ3v) is 4.65. The Labute approximate surface area is 134 Å². The maximum Gasteiger partial charge on any atom is 0.0638 e. The van der Waals surface area contributed by atoms with Gasteiger partial charge in [-0.3, -0.25) is 14.5 Å². The summed E-state index contributed by atoms with van der Waals surface area (Å²) in [6.07, 6.45) is 4.24. The zero-order valence-electron chi connectivity index (χ0n) is 14.6. The van der Waals surface area contributed by atoms with Crippen molar-refractivity contribution in [3.8, 4) is 0 Å². The van der Waals surface area contributed by atoms with E-state index in [0.29, 0.717) is 6.04 Å². The second-order valence-corrected chi connectivity index (χ2v) is 7.03. The number of aromatic nitrogens is 2. The number of aliphatic hydroxyl groups is 1. The molecule has 1 aliphatic rings. The summed E-state index contributed by atoms with van der Waals surface area (Å²) in [5, 5.41) is 13.8. The van der Waals surface area contributed by atoms with Gasteiger partial charge in [-0.1, -0.05) is 13.8 Å². The summed E-state index contributed by atoms with van der Waals surface area (Å²) in [5.74, 6) is 0.742. The average Bonchev–Trinajstić information content (AvgIpc) is 2.76. The zero-order valence-corrected chi connectivity index (χ0v) is 14.6. The fourth-order valence-corrected chi connectivity index (χ4v) is 3.29. The van der Waals surface area contributed by atoms with E-state index in [-0.39, 0.29) is 6.61 Å². The van der Waals surface area contributed by atoms with E-state index < -0.39 is 0 Å². The number of aliphatic hydroxyl groups excluding tert-OH is 1. The summed E-state index contributed by atoms with van der Waals surface area (Å²) in [4.78, 5) is 5.08. The van der Waals surface area contributed by atoms with Crippen molar-refractivity contribution in [2.24, 2.45) is 13.0 Å². The molecule has 0 amide bonds. The zero-order chi connectivity index (χ0) is 16.1. The lowest BCUT2D eigenvalue weighted by atomic mass is 10.1. The van der Waals surface area contributed by atoms with Crippen LogP contribution in [0.15, 0.2) is 6.20 Å². The molecular weight excluding hydrogens is 276 g/mol. The Balaban J connectivity index is 1.92.